The molecule has 0 bridgehead atoms. The summed E-state index contributed by atoms with van der Waals surface area (Å²) in [6.07, 6.45) is 0.961. The summed E-state index contributed by atoms with van der Waals surface area (Å²) in [6.45, 7) is 2.83. The normalized spacial score (nSPS) is 19.9. The van der Waals surface area contributed by atoms with Crippen LogP contribution in [0, 0.1) is 5.92 Å². The Morgan fingerprint density at radius 3 is 2.71 bits per heavy atom. The van der Waals surface area contributed by atoms with Gasteiger partial charge in [0.25, 0.3) is 0 Å². The molecule has 0 spiro atoms. The van der Waals surface area contributed by atoms with Gasteiger partial charge in [-0.15, -0.1) is 0 Å². The molecule has 1 atom stereocenters. The highest BCUT2D eigenvalue weighted by molar-refractivity contribution is 7.99. The number of aliphatic carboxylic acids is 1. The van der Waals surface area contributed by atoms with Crippen LogP contribution < -0.4 is 0 Å². The largest absolute Gasteiger partial charge is 0.481 e. The third kappa shape index (κ3) is 2.90. The number of nitrogens with zero attached hydrogens (tertiary/aromatic N) is 1. The van der Waals surface area contributed by atoms with Gasteiger partial charge in [-0.3, -0.25) is 9.59 Å². The predicted octanol–water partition coefficient (Wildman–Crippen LogP) is 0.673. The number of carbonyl (C=O) groups excluding carboxylic acids is 1. The summed E-state index contributed by atoms with van der Waals surface area (Å²) in [5.41, 5.74) is 0. The molecule has 0 aromatic heterocycles. The van der Waals surface area contributed by atoms with Crippen LogP contribution in [0.2, 0.25) is 0 Å². The number of carbonyl (C=O) groups is 2. The van der Waals surface area contributed by atoms with Crippen LogP contribution >= 0.6 is 11.8 Å². The van der Waals surface area contributed by atoms with Crippen molar-refractivity contribution in [2.75, 3.05) is 24.6 Å². The lowest BCUT2D eigenvalue weighted by Gasteiger charge is -2.21. The predicted molar refractivity (Wildman–Crippen MR) is 55.3 cm³/mol. The van der Waals surface area contributed by atoms with Crippen molar-refractivity contribution in [1.82, 2.24) is 4.90 Å². The molecule has 1 N–H and O–H groups in total. The molecule has 1 saturated heterocycles. The summed E-state index contributed by atoms with van der Waals surface area (Å²) < 4.78 is 0. The van der Waals surface area contributed by atoms with Crippen molar-refractivity contribution < 1.29 is 14.7 Å². The van der Waals surface area contributed by atoms with Gasteiger partial charge in [-0.25, -0.2) is 0 Å². The maximum Gasteiger partial charge on any atom is 0.315 e. The minimum absolute atomic E-state index is 0.250. The molecule has 1 aliphatic heterocycles. The first-order chi connectivity index (χ1) is 6.63. The Balaban J connectivity index is 2.53. The smallest absolute Gasteiger partial charge is 0.315 e. The van der Waals surface area contributed by atoms with E-state index in [1.807, 2.05) is 11.8 Å². The van der Waals surface area contributed by atoms with E-state index in [-0.39, 0.29) is 5.91 Å². The lowest BCUT2D eigenvalue weighted by atomic mass is 10.1. The maximum absolute atomic E-state index is 11.6. The maximum atomic E-state index is 11.6. The zero-order valence-corrected chi connectivity index (χ0v) is 9.05. The zero-order chi connectivity index (χ0) is 10.6. The highest BCUT2D eigenvalue weighted by Crippen LogP contribution is 2.12. The Morgan fingerprint density at radius 2 is 2.07 bits per heavy atom. The molecule has 1 amide bonds. The summed E-state index contributed by atoms with van der Waals surface area (Å²) in [4.78, 5) is 23.9. The van der Waals surface area contributed by atoms with Gasteiger partial charge in [0, 0.05) is 18.8 Å². The lowest BCUT2D eigenvalue weighted by molar-refractivity contribution is -0.150. The van der Waals surface area contributed by atoms with Crippen LogP contribution in [0.4, 0.5) is 0 Å². The monoisotopic (exact) mass is 217 g/mol. The molecule has 80 valence electrons. The third-order valence-electron chi connectivity index (χ3n) is 2.27. The van der Waals surface area contributed by atoms with Gasteiger partial charge in [0.05, 0.1) is 0 Å². The highest BCUT2D eigenvalue weighted by atomic mass is 32.2. The van der Waals surface area contributed by atoms with Crippen molar-refractivity contribution in [3.63, 3.8) is 0 Å². The summed E-state index contributed by atoms with van der Waals surface area (Å²) >= 11 is 1.82. The van der Waals surface area contributed by atoms with E-state index in [4.69, 9.17) is 5.11 Å². The van der Waals surface area contributed by atoms with Gasteiger partial charge in [-0.2, -0.15) is 11.8 Å². The van der Waals surface area contributed by atoms with E-state index in [1.54, 1.807) is 4.90 Å². The van der Waals surface area contributed by atoms with E-state index in [9.17, 15) is 9.59 Å². The van der Waals surface area contributed by atoms with Gasteiger partial charge in [0.1, 0.15) is 5.92 Å². The Hall–Kier alpha value is -0.710. The Bertz CT molecular complexity index is 224. The average Bonchev–Trinajstić information content (AvgIpc) is 2.43. The summed E-state index contributed by atoms with van der Waals surface area (Å²) in [6, 6.07) is 0. The molecule has 0 aliphatic carbocycles. The summed E-state index contributed by atoms with van der Waals surface area (Å²) in [7, 11) is 0. The number of rotatable bonds is 2. The van der Waals surface area contributed by atoms with Gasteiger partial charge in [0.2, 0.25) is 5.91 Å². The second-order valence-corrected chi connectivity index (χ2v) is 4.58. The zero-order valence-electron chi connectivity index (χ0n) is 8.23. The number of amides is 1. The van der Waals surface area contributed by atoms with Crippen LogP contribution in [-0.4, -0.2) is 46.5 Å². The molecule has 4 nitrogen and oxygen atoms in total. The standard InChI is InChI=1S/C9H15NO3S/c1-7(9(12)13)8(11)10-3-2-5-14-6-4-10/h7H,2-6H2,1H3,(H,12,13). The first-order valence-corrected chi connectivity index (χ1v) is 5.87. The van der Waals surface area contributed by atoms with Crippen LogP contribution in [0.25, 0.3) is 0 Å². The van der Waals surface area contributed by atoms with Crippen molar-refractivity contribution in [2.24, 2.45) is 5.92 Å². The average molecular weight is 217 g/mol. The third-order valence-corrected chi connectivity index (χ3v) is 3.32. The fraction of sp³-hybridized carbons (Fsp3) is 0.778. The number of thioether (sulfide) groups is 1. The molecule has 0 saturated carbocycles. The van der Waals surface area contributed by atoms with E-state index >= 15 is 0 Å². The SMILES string of the molecule is CC(C(=O)O)C(=O)N1CCCSCC1. The number of hydrogen-bond donors (Lipinski definition) is 1. The van der Waals surface area contributed by atoms with Gasteiger partial charge in [0.15, 0.2) is 0 Å². The second kappa shape index (κ2) is 5.24. The van der Waals surface area contributed by atoms with Crippen molar-refractivity contribution >= 4 is 23.6 Å². The van der Waals surface area contributed by atoms with Crippen LogP contribution in [-0.2, 0) is 9.59 Å². The van der Waals surface area contributed by atoms with Gasteiger partial charge in [-0.1, -0.05) is 0 Å². The summed E-state index contributed by atoms with van der Waals surface area (Å²) in [5, 5.41) is 8.70. The van der Waals surface area contributed by atoms with Gasteiger partial charge in [-0.05, 0) is 19.1 Å². The fourth-order valence-corrected chi connectivity index (χ4v) is 2.23. The van der Waals surface area contributed by atoms with E-state index in [0.717, 1.165) is 17.9 Å². The van der Waals surface area contributed by atoms with Crippen molar-refractivity contribution in [1.29, 1.82) is 0 Å². The quantitative estimate of drug-likeness (QED) is 0.691. The second-order valence-electron chi connectivity index (χ2n) is 3.35. The Labute approximate surface area is 87.7 Å². The van der Waals surface area contributed by atoms with Gasteiger partial charge < -0.3 is 10.0 Å². The molecule has 0 aromatic rings. The Morgan fingerprint density at radius 1 is 1.36 bits per heavy atom. The minimum Gasteiger partial charge on any atom is -0.481 e. The summed E-state index contributed by atoms with van der Waals surface area (Å²) in [5.74, 6) is -0.214. The highest BCUT2D eigenvalue weighted by Gasteiger charge is 2.26. The molecule has 1 rings (SSSR count). The molecule has 5 heteroatoms. The molecule has 14 heavy (non-hydrogen) atoms. The first kappa shape index (κ1) is 11.4. The molecule has 0 aromatic carbocycles. The van der Waals surface area contributed by atoms with E-state index < -0.39 is 11.9 Å². The van der Waals surface area contributed by atoms with E-state index in [1.165, 1.54) is 6.92 Å². The van der Waals surface area contributed by atoms with Crippen molar-refractivity contribution in [3.05, 3.63) is 0 Å². The molecule has 1 heterocycles. The fourth-order valence-electron chi connectivity index (χ4n) is 1.35. The van der Waals surface area contributed by atoms with Crippen LogP contribution in [0.5, 0.6) is 0 Å². The Kier molecular flexibility index (Phi) is 4.25. The van der Waals surface area contributed by atoms with Gasteiger partial charge >= 0.3 is 5.97 Å². The van der Waals surface area contributed by atoms with Crippen LogP contribution in [0.15, 0.2) is 0 Å². The lowest BCUT2D eigenvalue weighted by Crippen LogP contribution is -2.39. The molecule has 1 aliphatic rings. The molecule has 0 radical (unpaired) electrons. The molecular formula is C9H15NO3S. The first-order valence-electron chi connectivity index (χ1n) is 4.72. The topological polar surface area (TPSA) is 57.6 Å². The van der Waals surface area contributed by atoms with Crippen molar-refractivity contribution in [3.8, 4) is 0 Å². The van der Waals surface area contributed by atoms with E-state index in [2.05, 4.69) is 0 Å². The molecule has 1 fully saturated rings. The molecular weight excluding hydrogens is 202 g/mol. The van der Waals surface area contributed by atoms with Crippen molar-refractivity contribution in [2.45, 2.75) is 13.3 Å². The number of carboxylic acids is 1. The molecule has 1 unspecified atom stereocenters. The van der Waals surface area contributed by atoms with Crippen LogP contribution in [0.1, 0.15) is 13.3 Å². The number of carboxylic acid groups (broad SMARTS) is 1. The van der Waals surface area contributed by atoms with E-state index in [0.29, 0.717) is 13.1 Å². The number of hydrogen-bond acceptors (Lipinski definition) is 3. The van der Waals surface area contributed by atoms with Crippen LogP contribution in [0.3, 0.4) is 0 Å². The minimum atomic E-state index is -1.04.